The lowest BCUT2D eigenvalue weighted by molar-refractivity contribution is -0.128. The maximum absolute atomic E-state index is 13.2. The lowest BCUT2D eigenvalue weighted by Crippen LogP contribution is -2.52. The summed E-state index contributed by atoms with van der Waals surface area (Å²) in [5, 5.41) is 5.85. The van der Waals surface area contributed by atoms with Gasteiger partial charge in [0.05, 0.1) is 12.6 Å². The number of fused-ring (bicyclic) bond motifs is 1. The van der Waals surface area contributed by atoms with E-state index in [1.54, 1.807) is 42.5 Å². The fraction of sp³-hybridized carbons (Fsp3) is 0.360. The molecule has 2 aromatic heterocycles. The van der Waals surface area contributed by atoms with E-state index >= 15 is 0 Å². The predicted molar refractivity (Wildman–Crippen MR) is 140 cm³/mol. The van der Waals surface area contributed by atoms with E-state index in [0.717, 1.165) is 9.69 Å². The SMILES string of the molecule is C[S@](=O)CCC(NC(=O)c1cc2ccccc2o1)C(=O)NC1CCCN(S(=O)(=O)c2ccccn2)CC1=O. The van der Waals surface area contributed by atoms with Gasteiger partial charge in [-0.1, -0.05) is 24.3 Å². The molecule has 2 N–H and O–H groups in total. The predicted octanol–water partition coefficient (Wildman–Crippen LogP) is 1.23. The first-order valence-electron chi connectivity index (χ1n) is 12.0. The molecule has 3 atom stereocenters. The smallest absolute Gasteiger partial charge is 0.287 e. The Bertz CT molecular complexity index is 1420. The highest BCUT2D eigenvalue weighted by atomic mass is 32.2. The van der Waals surface area contributed by atoms with Crippen molar-refractivity contribution >= 4 is 49.4 Å². The summed E-state index contributed by atoms with van der Waals surface area (Å²) >= 11 is 0. The number of carbonyl (C=O) groups is 3. The van der Waals surface area contributed by atoms with E-state index in [-0.39, 0.29) is 35.9 Å². The van der Waals surface area contributed by atoms with Crippen LogP contribution in [-0.4, -0.2) is 76.7 Å². The van der Waals surface area contributed by atoms with Crippen LogP contribution in [-0.2, 0) is 30.4 Å². The molecule has 1 saturated heterocycles. The summed E-state index contributed by atoms with van der Waals surface area (Å²) in [4.78, 5) is 42.9. The van der Waals surface area contributed by atoms with Gasteiger partial charge in [0.2, 0.25) is 5.91 Å². The van der Waals surface area contributed by atoms with E-state index in [0.29, 0.717) is 12.0 Å². The van der Waals surface area contributed by atoms with Gasteiger partial charge < -0.3 is 15.1 Å². The number of Topliss-reactive ketones (excluding diaryl/α,β-unsaturated/α-hetero) is 1. The molecule has 11 nitrogen and oxygen atoms in total. The zero-order chi connectivity index (χ0) is 27.3. The Hall–Kier alpha value is -3.42. The van der Waals surface area contributed by atoms with Crippen molar-refractivity contribution in [2.45, 2.75) is 36.4 Å². The normalized spacial score (nSPS) is 18.4. The molecule has 0 aliphatic carbocycles. The fourth-order valence-corrected chi connectivity index (χ4v) is 6.08. The number of nitrogens with zero attached hydrogens (tertiary/aromatic N) is 2. The number of aromatic nitrogens is 1. The lowest BCUT2D eigenvalue weighted by Gasteiger charge is -2.22. The zero-order valence-electron chi connectivity index (χ0n) is 20.7. The van der Waals surface area contributed by atoms with E-state index in [1.807, 2.05) is 0 Å². The first kappa shape index (κ1) is 27.6. The molecule has 202 valence electrons. The Kier molecular flexibility index (Phi) is 8.69. The Morgan fingerprint density at radius 3 is 2.68 bits per heavy atom. The Morgan fingerprint density at radius 1 is 1.21 bits per heavy atom. The van der Waals surface area contributed by atoms with Crippen molar-refractivity contribution in [1.29, 1.82) is 0 Å². The minimum atomic E-state index is -3.97. The summed E-state index contributed by atoms with van der Waals surface area (Å²) in [7, 11) is -5.20. The number of ketones is 1. The fourth-order valence-electron chi connectivity index (χ4n) is 4.13. The highest BCUT2D eigenvalue weighted by Gasteiger charge is 2.35. The third kappa shape index (κ3) is 6.52. The Morgan fingerprint density at radius 2 is 1.97 bits per heavy atom. The molecule has 1 aromatic carbocycles. The van der Waals surface area contributed by atoms with E-state index in [9.17, 15) is 27.0 Å². The first-order chi connectivity index (χ1) is 18.1. The number of amides is 2. The number of furan rings is 1. The number of hydrogen-bond donors (Lipinski definition) is 2. The molecule has 0 spiro atoms. The van der Waals surface area contributed by atoms with Crippen molar-refractivity contribution in [3.8, 4) is 0 Å². The highest BCUT2D eigenvalue weighted by Crippen LogP contribution is 2.20. The van der Waals surface area contributed by atoms with Crippen molar-refractivity contribution in [3.05, 3.63) is 60.5 Å². The molecular weight excluding hydrogens is 532 g/mol. The van der Waals surface area contributed by atoms with Crippen molar-refractivity contribution in [1.82, 2.24) is 19.9 Å². The van der Waals surface area contributed by atoms with Crippen LogP contribution >= 0.6 is 0 Å². The van der Waals surface area contributed by atoms with Crippen molar-refractivity contribution in [2.24, 2.45) is 0 Å². The molecule has 0 radical (unpaired) electrons. The van der Waals surface area contributed by atoms with E-state index in [4.69, 9.17) is 4.42 Å². The molecule has 4 rings (SSSR count). The Balaban J connectivity index is 1.45. The van der Waals surface area contributed by atoms with Crippen LogP contribution in [0.25, 0.3) is 11.0 Å². The summed E-state index contributed by atoms with van der Waals surface area (Å²) in [5.41, 5.74) is 0.516. The van der Waals surface area contributed by atoms with E-state index in [2.05, 4.69) is 15.6 Å². The molecule has 13 heteroatoms. The molecule has 3 aromatic rings. The molecule has 0 saturated carbocycles. The molecule has 0 bridgehead atoms. The summed E-state index contributed by atoms with van der Waals surface area (Å²) in [6, 6.07) is 11.1. The van der Waals surface area contributed by atoms with Crippen LogP contribution in [0.5, 0.6) is 0 Å². The van der Waals surface area contributed by atoms with Crippen LogP contribution in [0.1, 0.15) is 29.8 Å². The average molecular weight is 561 g/mol. The summed E-state index contributed by atoms with van der Waals surface area (Å²) in [5.74, 6) is -1.56. The molecule has 1 aliphatic rings. The monoisotopic (exact) mass is 560 g/mol. The van der Waals surface area contributed by atoms with Crippen molar-refractivity contribution in [3.63, 3.8) is 0 Å². The van der Waals surface area contributed by atoms with Crippen LogP contribution in [0.3, 0.4) is 0 Å². The number of hydrogen-bond acceptors (Lipinski definition) is 8. The second-order valence-electron chi connectivity index (χ2n) is 8.92. The summed E-state index contributed by atoms with van der Waals surface area (Å²) < 4.78 is 44.2. The van der Waals surface area contributed by atoms with Gasteiger partial charge in [-0.05, 0) is 43.5 Å². The standard InChI is InChI=1S/C25H28N4O7S2/c1-37(33)14-11-19(28-25(32)22-15-17-7-2-3-9-21(17)36-22)24(31)27-18-8-6-13-29(16-20(18)30)38(34,35)23-10-4-5-12-26-23/h2-5,7,9-10,12,15,18-19H,6,8,11,13-14,16H2,1H3,(H,27,31)(H,28,32)/t18?,19?,37-/m0/s1. The largest absolute Gasteiger partial charge is 0.451 e. The van der Waals surface area contributed by atoms with Gasteiger partial charge in [-0.15, -0.1) is 0 Å². The topological polar surface area (TPSA) is 156 Å². The van der Waals surface area contributed by atoms with Gasteiger partial charge in [-0.3, -0.25) is 18.6 Å². The minimum Gasteiger partial charge on any atom is -0.451 e. The number of nitrogens with one attached hydrogen (secondary N) is 2. The van der Waals surface area contributed by atoms with E-state index < -0.39 is 57.0 Å². The Labute approximate surface area is 222 Å². The molecule has 1 aliphatic heterocycles. The number of pyridine rings is 1. The molecule has 38 heavy (non-hydrogen) atoms. The third-order valence-electron chi connectivity index (χ3n) is 6.14. The van der Waals surface area contributed by atoms with Crippen LogP contribution in [0.15, 0.2) is 64.2 Å². The molecule has 3 heterocycles. The number of para-hydroxylation sites is 1. The van der Waals surface area contributed by atoms with Gasteiger partial charge in [0.1, 0.15) is 11.6 Å². The van der Waals surface area contributed by atoms with Gasteiger partial charge in [-0.2, -0.15) is 4.31 Å². The maximum Gasteiger partial charge on any atom is 0.287 e. The highest BCUT2D eigenvalue weighted by molar-refractivity contribution is 7.89. The van der Waals surface area contributed by atoms with Crippen LogP contribution in [0, 0.1) is 0 Å². The minimum absolute atomic E-state index is 0.0162. The van der Waals surface area contributed by atoms with Crippen molar-refractivity contribution < 1.29 is 31.4 Å². The van der Waals surface area contributed by atoms with Crippen molar-refractivity contribution in [2.75, 3.05) is 25.1 Å². The lowest BCUT2D eigenvalue weighted by atomic mass is 10.1. The molecule has 2 unspecified atom stereocenters. The van der Waals surface area contributed by atoms with Gasteiger partial charge >= 0.3 is 0 Å². The maximum atomic E-state index is 13.2. The van der Waals surface area contributed by atoms with Gasteiger partial charge in [0.25, 0.3) is 15.9 Å². The molecular formula is C25H28N4O7S2. The second-order valence-corrected chi connectivity index (χ2v) is 12.4. The van der Waals surface area contributed by atoms with Gasteiger partial charge in [0, 0.05) is 40.9 Å². The van der Waals surface area contributed by atoms with E-state index in [1.165, 1.54) is 18.5 Å². The van der Waals surface area contributed by atoms with Crippen LogP contribution < -0.4 is 10.6 Å². The quantitative estimate of drug-likeness (QED) is 0.396. The van der Waals surface area contributed by atoms with Crippen LogP contribution in [0.4, 0.5) is 0 Å². The number of sulfonamides is 1. The van der Waals surface area contributed by atoms with Crippen LogP contribution in [0.2, 0.25) is 0 Å². The summed E-state index contributed by atoms with van der Waals surface area (Å²) in [6.45, 7) is -0.323. The summed E-state index contributed by atoms with van der Waals surface area (Å²) in [6.07, 6.45) is 3.47. The number of carbonyl (C=O) groups excluding carboxylic acids is 3. The zero-order valence-corrected chi connectivity index (χ0v) is 22.3. The number of benzene rings is 1. The van der Waals surface area contributed by atoms with Gasteiger partial charge in [-0.25, -0.2) is 13.4 Å². The molecule has 1 fully saturated rings. The number of rotatable bonds is 9. The molecule has 2 amide bonds. The first-order valence-corrected chi connectivity index (χ1v) is 15.2. The third-order valence-corrected chi connectivity index (χ3v) is 8.72. The average Bonchev–Trinajstić information content (AvgIpc) is 3.25. The second kappa shape index (κ2) is 12.0. The van der Waals surface area contributed by atoms with Gasteiger partial charge in [0.15, 0.2) is 16.6 Å².